The van der Waals surface area contributed by atoms with Crippen molar-refractivity contribution in [1.82, 2.24) is 14.2 Å². The minimum atomic E-state index is -3.55. The molecule has 192 valence electrons. The van der Waals surface area contributed by atoms with E-state index in [4.69, 9.17) is 4.98 Å². The van der Waals surface area contributed by atoms with E-state index in [9.17, 15) is 13.2 Å². The number of carbonyl (C=O) groups excluding carboxylic acids is 1. The van der Waals surface area contributed by atoms with Gasteiger partial charge in [-0.15, -0.1) is 0 Å². The highest BCUT2D eigenvalue weighted by Crippen LogP contribution is 2.33. The molecule has 0 saturated carbocycles. The molecule has 3 heterocycles. The van der Waals surface area contributed by atoms with Gasteiger partial charge in [0.15, 0.2) is 5.13 Å². The molecule has 36 heavy (non-hydrogen) atoms. The zero-order valence-electron chi connectivity index (χ0n) is 21.4. The first-order valence-electron chi connectivity index (χ1n) is 12.6. The van der Waals surface area contributed by atoms with Crippen LogP contribution in [0, 0.1) is 25.7 Å². The second kappa shape index (κ2) is 9.76. The van der Waals surface area contributed by atoms with Crippen molar-refractivity contribution in [3.8, 4) is 0 Å². The van der Waals surface area contributed by atoms with Crippen molar-refractivity contribution in [2.45, 2.75) is 39.0 Å². The predicted octanol–water partition coefficient (Wildman–Crippen LogP) is 4.54. The van der Waals surface area contributed by atoms with E-state index in [0.717, 1.165) is 30.2 Å². The summed E-state index contributed by atoms with van der Waals surface area (Å²) >= 11 is 1.71. The molecule has 0 N–H and O–H groups in total. The molecule has 2 aromatic carbocycles. The Morgan fingerprint density at radius 3 is 2.25 bits per heavy atom. The third-order valence-corrected chi connectivity index (χ3v) is 10.3. The van der Waals surface area contributed by atoms with Gasteiger partial charge in [0, 0.05) is 44.8 Å². The maximum Gasteiger partial charge on any atom is 0.253 e. The number of fused-ring (bicyclic) bond motifs is 1. The van der Waals surface area contributed by atoms with Crippen LogP contribution in [0.1, 0.15) is 41.8 Å². The first kappa shape index (κ1) is 25.2. The van der Waals surface area contributed by atoms with Crippen LogP contribution in [-0.2, 0) is 10.0 Å². The lowest BCUT2D eigenvalue weighted by molar-refractivity contribution is 0.0746. The van der Waals surface area contributed by atoms with Crippen LogP contribution in [0.5, 0.6) is 0 Å². The van der Waals surface area contributed by atoms with Crippen LogP contribution < -0.4 is 4.90 Å². The monoisotopic (exact) mass is 526 g/mol. The van der Waals surface area contributed by atoms with Gasteiger partial charge in [-0.3, -0.25) is 4.79 Å². The number of nitrogens with zero attached hydrogens (tertiary/aromatic N) is 4. The molecule has 2 aliphatic rings. The lowest BCUT2D eigenvalue weighted by Crippen LogP contribution is -2.48. The van der Waals surface area contributed by atoms with Crippen molar-refractivity contribution in [1.29, 1.82) is 0 Å². The van der Waals surface area contributed by atoms with E-state index in [0.29, 0.717) is 43.6 Å². The van der Waals surface area contributed by atoms with E-state index in [1.165, 1.54) is 15.8 Å². The third-order valence-electron chi connectivity index (χ3n) is 7.22. The molecule has 2 aliphatic heterocycles. The van der Waals surface area contributed by atoms with Crippen LogP contribution in [0.2, 0.25) is 0 Å². The zero-order chi connectivity index (χ0) is 25.6. The number of hydrogen-bond donors (Lipinski definition) is 0. The first-order valence-corrected chi connectivity index (χ1v) is 14.9. The Morgan fingerprint density at radius 2 is 1.61 bits per heavy atom. The molecule has 0 aliphatic carbocycles. The van der Waals surface area contributed by atoms with E-state index in [1.54, 1.807) is 39.9 Å². The van der Waals surface area contributed by atoms with Crippen LogP contribution in [0.3, 0.4) is 0 Å². The summed E-state index contributed by atoms with van der Waals surface area (Å²) in [7, 11) is -3.55. The van der Waals surface area contributed by atoms with Crippen LogP contribution in [0.15, 0.2) is 41.3 Å². The molecule has 0 spiro atoms. The molecule has 2 atom stereocenters. The Kier molecular flexibility index (Phi) is 6.82. The molecule has 0 bridgehead atoms. The van der Waals surface area contributed by atoms with E-state index >= 15 is 0 Å². The SMILES string of the molecule is Cc1cc(C)c2sc(N3CCN(C(=O)c4ccc(S(=O)(=O)N5CC(C)CC(C)C5)cc4)CC3)nc2c1. The first-order chi connectivity index (χ1) is 17.1. The molecule has 2 saturated heterocycles. The maximum atomic E-state index is 13.2. The number of aromatic nitrogens is 1. The van der Waals surface area contributed by atoms with Gasteiger partial charge in [-0.05, 0) is 73.6 Å². The highest BCUT2D eigenvalue weighted by Gasteiger charge is 2.32. The van der Waals surface area contributed by atoms with Crippen molar-refractivity contribution >= 4 is 42.6 Å². The number of piperidine rings is 1. The minimum absolute atomic E-state index is 0.0606. The number of aryl methyl sites for hydroxylation is 2. The molecule has 7 nitrogen and oxygen atoms in total. The number of amides is 1. The lowest BCUT2D eigenvalue weighted by Gasteiger charge is -2.35. The van der Waals surface area contributed by atoms with Gasteiger partial charge in [-0.1, -0.05) is 31.3 Å². The van der Waals surface area contributed by atoms with Crippen molar-refractivity contribution < 1.29 is 13.2 Å². The lowest BCUT2D eigenvalue weighted by atomic mass is 9.94. The average molecular weight is 527 g/mol. The van der Waals surface area contributed by atoms with Crippen molar-refractivity contribution in [2.75, 3.05) is 44.2 Å². The number of rotatable bonds is 4. The van der Waals surface area contributed by atoms with E-state index in [1.807, 2.05) is 4.90 Å². The number of benzene rings is 2. The van der Waals surface area contributed by atoms with E-state index < -0.39 is 10.0 Å². The number of piperazine rings is 1. The Labute approximate surface area is 217 Å². The molecule has 3 aromatic rings. The third kappa shape index (κ3) is 4.88. The van der Waals surface area contributed by atoms with Crippen molar-refractivity contribution in [2.24, 2.45) is 11.8 Å². The van der Waals surface area contributed by atoms with Gasteiger partial charge in [0.1, 0.15) is 0 Å². The summed E-state index contributed by atoms with van der Waals surface area (Å²) < 4.78 is 29.1. The highest BCUT2D eigenvalue weighted by molar-refractivity contribution is 7.89. The standard InChI is InChI=1S/C27H34N4O3S2/c1-18-14-21(4)25-24(15-18)28-27(35-25)30-11-9-29(10-12-30)26(32)22-5-7-23(8-6-22)36(33,34)31-16-19(2)13-20(3)17-31/h5-8,14-15,19-20H,9-13,16-17H2,1-4H3. The smallest absolute Gasteiger partial charge is 0.253 e. The fraction of sp³-hybridized carbons (Fsp3) is 0.481. The quantitative estimate of drug-likeness (QED) is 0.499. The van der Waals surface area contributed by atoms with Gasteiger partial charge in [0.05, 0.1) is 15.1 Å². The summed E-state index contributed by atoms with van der Waals surface area (Å²) in [6.07, 6.45) is 1.05. The molecular weight excluding hydrogens is 492 g/mol. The summed E-state index contributed by atoms with van der Waals surface area (Å²) in [6.45, 7) is 12.2. The second-order valence-electron chi connectivity index (χ2n) is 10.5. The molecule has 9 heteroatoms. The summed E-state index contributed by atoms with van der Waals surface area (Å²) in [5, 5.41) is 1.00. The number of hydrogen-bond acceptors (Lipinski definition) is 6. The van der Waals surface area contributed by atoms with Crippen molar-refractivity contribution in [3.05, 3.63) is 53.1 Å². The Bertz CT molecular complexity index is 1370. The molecule has 1 amide bonds. The summed E-state index contributed by atoms with van der Waals surface area (Å²) in [5.41, 5.74) is 4.02. The Hall–Kier alpha value is -2.49. The Balaban J connectivity index is 1.24. The highest BCUT2D eigenvalue weighted by atomic mass is 32.2. The van der Waals surface area contributed by atoms with Gasteiger partial charge in [-0.2, -0.15) is 4.31 Å². The molecule has 5 rings (SSSR count). The number of thiazole rings is 1. The fourth-order valence-electron chi connectivity index (χ4n) is 5.50. The predicted molar refractivity (Wildman–Crippen MR) is 145 cm³/mol. The van der Waals surface area contributed by atoms with Crippen LogP contribution >= 0.6 is 11.3 Å². The van der Waals surface area contributed by atoms with E-state index in [-0.39, 0.29) is 10.8 Å². The minimum Gasteiger partial charge on any atom is -0.345 e. The van der Waals surface area contributed by atoms with Gasteiger partial charge in [0.25, 0.3) is 5.91 Å². The number of carbonyl (C=O) groups is 1. The maximum absolute atomic E-state index is 13.2. The molecule has 2 fully saturated rings. The molecule has 0 radical (unpaired) electrons. The summed E-state index contributed by atoms with van der Waals surface area (Å²) in [4.78, 5) is 22.3. The molecular formula is C27H34N4O3S2. The fourth-order valence-corrected chi connectivity index (χ4v) is 8.25. The van der Waals surface area contributed by atoms with Gasteiger partial charge in [-0.25, -0.2) is 13.4 Å². The number of sulfonamides is 1. The zero-order valence-corrected chi connectivity index (χ0v) is 23.0. The molecule has 1 aromatic heterocycles. The Morgan fingerprint density at radius 1 is 0.972 bits per heavy atom. The summed E-state index contributed by atoms with van der Waals surface area (Å²) in [5.74, 6) is 0.632. The van der Waals surface area contributed by atoms with Crippen molar-refractivity contribution in [3.63, 3.8) is 0 Å². The van der Waals surface area contributed by atoms with Crippen LogP contribution in [-0.4, -0.2) is 67.8 Å². The second-order valence-corrected chi connectivity index (χ2v) is 13.4. The van der Waals surface area contributed by atoms with Gasteiger partial charge in [0.2, 0.25) is 10.0 Å². The van der Waals surface area contributed by atoms with E-state index in [2.05, 4.69) is 44.7 Å². The van der Waals surface area contributed by atoms with Gasteiger partial charge >= 0.3 is 0 Å². The molecule has 2 unspecified atom stereocenters. The average Bonchev–Trinajstić information content (AvgIpc) is 3.28. The largest absolute Gasteiger partial charge is 0.345 e. The van der Waals surface area contributed by atoms with Crippen LogP contribution in [0.4, 0.5) is 5.13 Å². The number of anilines is 1. The normalized spacial score (nSPS) is 21.8. The summed E-state index contributed by atoms with van der Waals surface area (Å²) in [6, 6.07) is 10.8. The van der Waals surface area contributed by atoms with Gasteiger partial charge < -0.3 is 9.80 Å². The van der Waals surface area contributed by atoms with Crippen LogP contribution in [0.25, 0.3) is 10.2 Å². The topological polar surface area (TPSA) is 73.8 Å².